The molecule has 6 aromatic carbocycles. The van der Waals surface area contributed by atoms with E-state index in [2.05, 4.69) is 191 Å². The second-order valence-electron chi connectivity index (χ2n) is 13.2. The maximum atomic E-state index is 5.03. The average molecular weight is 668 g/mol. The summed E-state index contributed by atoms with van der Waals surface area (Å²) in [5.74, 6) is 1.77. The molecule has 0 aliphatic rings. The predicted molar refractivity (Wildman–Crippen MR) is 216 cm³/mol. The molecule has 246 valence electrons. The van der Waals surface area contributed by atoms with Gasteiger partial charge < -0.3 is 4.90 Å². The highest BCUT2D eigenvalue weighted by molar-refractivity contribution is 6.11. The summed E-state index contributed by atoms with van der Waals surface area (Å²) in [6.45, 7) is 2.14. The van der Waals surface area contributed by atoms with Crippen LogP contribution in [0.25, 0.3) is 66.4 Å². The van der Waals surface area contributed by atoms with Gasteiger partial charge in [0.2, 0.25) is 0 Å². The Balaban J connectivity index is 1.03. The lowest BCUT2D eigenvalue weighted by Gasteiger charge is -2.25. The van der Waals surface area contributed by atoms with Crippen LogP contribution in [0.1, 0.15) is 5.56 Å². The monoisotopic (exact) mass is 667 g/mol. The van der Waals surface area contributed by atoms with Gasteiger partial charge in [-0.3, -0.25) is 9.13 Å². The smallest absolute Gasteiger partial charge is 0.137 e. The third-order valence-electron chi connectivity index (χ3n) is 10.1. The van der Waals surface area contributed by atoms with Crippen LogP contribution in [0.3, 0.4) is 0 Å². The molecular weight excluding hydrogens is 635 g/mol. The SMILES string of the molecule is Cc1ccc2c(c1)c1ccccc1n2-c1ccc(-c2ccc(-n3c4ccccc4c4cc(N(c5ccccc5)c5ccccc5)ccc43)nc2)cn1. The second-order valence-corrected chi connectivity index (χ2v) is 13.2. The minimum absolute atomic E-state index is 0.871. The van der Waals surface area contributed by atoms with Crippen LogP contribution < -0.4 is 4.90 Å². The van der Waals surface area contributed by atoms with Crippen LogP contribution in [0.2, 0.25) is 0 Å². The highest BCUT2D eigenvalue weighted by Crippen LogP contribution is 2.39. The van der Waals surface area contributed by atoms with Crippen molar-refractivity contribution in [2.45, 2.75) is 6.92 Å². The third kappa shape index (κ3) is 4.86. The molecule has 0 saturated carbocycles. The molecular formula is C47H33N5. The summed E-state index contributed by atoms with van der Waals surface area (Å²) in [6, 6.07) is 60.0. The molecule has 5 nitrogen and oxygen atoms in total. The molecule has 4 heterocycles. The highest BCUT2D eigenvalue weighted by atomic mass is 15.1. The van der Waals surface area contributed by atoms with Crippen LogP contribution in [0.4, 0.5) is 17.1 Å². The summed E-state index contributed by atoms with van der Waals surface area (Å²) < 4.78 is 4.51. The van der Waals surface area contributed by atoms with Gasteiger partial charge in [0.15, 0.2) is 0 Å². The Hall–Kier alpha value is -6.98. The molecule has 0 amide bonds. The molecule has 5 heteroatoms. The number of aryl methyl sites for hydroxylation is 1. The van der Waals surface area contributed by atoms with Crippen molar-refractivity contribution in [2.24, 2.45) is 0 Å². The largest absolute Gasteiger partial charge is 0.310 e. The van der Waals surface area contributed by atoms with E-state index in [0.29, 0.717) is 0 Å². The quantitative estimate of drug-likeness (QED) is 0.177. The molecule has 10 aromatic rings. The highest BCUT2D eigenvalue weighted by Gasteiger charge is 2.18. The van der Waals surface area contributed by atoms with E-state index in [0.717, 1.165) is 61.9 Å². The second kappa shape index (κ2) is 12.1. The fourth-order valence-electron chi connectivity index (χ4n) is 7.66. The first kappa shape index (κ1) is 29.9. The molecule has 10 rings (SSSR count). The van der Waals surface area contributed by atoms with E-state index in [9.17, 15) is 0 Å². The molecule has 0 N–H and O–H groups in total. The Morgan fingerprint density at radius 2 is 0.846 bits per heavy atom. The van der Waals surface area contributed by atoms with Crippen molar-refractivity contribution < 1.29 is 0 Å². The molecule has 0 spiro atoms. The number of nitrogens with zero attached hydrogens (tertiary/aromatic N) is 5. The number of anilines is 3. The third-order valence-corrected chi connectivity index (χ3v) is 10.1. The van der Waals surface area contributed by atoms with Gasteiger partial charge in [-0.2, -0.15) is 0 Å². The van der Waals surface area contributed by atoms with Crippen LogP contribution in [0.15, 0.2) is 182 Å². The summed E-state index contributed by atoms with van der Waals surface area (Å²) in [4.78, 5) is 12.3. The number of rotatable bonds is 6. The molecule has 0 saturated heterocycles. The molecule has 4 aromatic heterocycles. The lowest BCUT2D eigenvalue weighted by molar-refractivity contribution is 1.07. The fraction of sp³-hybridized carbons (Fsp3) is 0.0213. The first-order valence-corrected chi connectivity index (χ1v) is 17.6. The van der Waals surface area contributed by atoms with Crippen molar-refractivity contribution in [3.8, 4) is 22.8 Å². The summed E-state index contributed by atoms with van der Waals surface area (Å²) in [7, 11) is 0. The number of fused-ring (bicyclic) bond motifs is 6. The lowest BCUT2D eigenvalue weighted by Crippen LogP contribution is -2.09. The van der Waals surface area contributed by atoms with Gasteiger partial charge in [-0.15, -0.1) is 0 Å². The average Bonchev–Trinajstić information content (AvgIpc) is 3.71. The Bertz CT molecular complexity index is 2850. The summed E-state index contributed by atoms with van der Waals surface area (Å²) in [5.41, 5.74) is 11.2. The minimum atomic E-state index is 0.871. The van der Waals surface area contributed by atoms with Gasteiger partial charge >= 0.3 is 0 Å². The van der Waals surface area contributed by atoms with Crippen LogP contribution in [-0.4, -0.2) is 19.1 Å². The number of benzene rings is 6. The Labute approximate surface area is 301 Å². The summed E-state index contributed by atoms with van der Waals surface area (Å²) >= 11 is 0. The number of pyridine rings is 2. The van der Waals surface area contributed by atoms with E-state index in [1.807, 2.05) is 12.4 Å². The zero-order chi connectivity index (χ0) is 34.6. The van der Waals surface area contributed by atoms with E-state index in [-0.39, 0.29) is 0 Å². The molecule has 0 unspecified atom stereocenters. The first-order chi connectivity index (χ1) is 25.7. The van der Waals surface area contributed by atoms with E-state index in [1.165, 1.54) is 27.1 Å². The maximum Gasteiger partial charge on any atom is 0.137 e. The van der Waals surface area contributed by atoms with Crippen molar-refractivity contribution in [1.82, 2.24) is 19.1 Å². The van der Waals surface area contributed by atoms with Gasteiger partial charge in [-0.25, -0.2) is 9.97 Å². The van der Waals surface area contributed by atoms with Crippen molar-refractivity contribution in [1.29, 1.82) is 0 Å². The molecule has 52 heavy (non-hydrogen) atoms. The van der Waals surface area contributed by atoms with Gasteiger partial charge in [0.25, 0.3) is 0 Å². The zero-order valence-electron chi connectivity index (χ0n) is 28.6. The first-order valence-electron chi connectivity index (χ1n) is 17.6. The van der Waals surface area contributed by atoms with Crippen molar-refractivity contribution >= 4 is 60.7 Å². The van der Waals surface area contributed by atoms with Gasteiger partial charge in [0.05, 0.1) is 22.1 Å². The molecule has 0 atom stereocenters. The van der Waals surface area contributed by atoms with Gasteiger partial charge in [-0.05, 0) is 97.9 Å². The Morgan fingerprint density at radius 1 is 0.385 bits per heavy atom. The van der Waals surface area contributed by atoms with Gasteiger partial charge in [0, 0.05) is 62.1 Å². The molecule has 0 bridgehead atoms. The van der Waals surface area contributed by atoms with Crippen molar-refractivity contribution in [3.05, 3.63) is 188 Å². The summed E-state index contributed by atoms with van der Waals surface area (Å²) in [5, 5.41) is 4.84. The number of aromatic nitrogens is 4. The van der Waals surface area contributed by atoms with E-state index < -0.39 is 0 Å². The number of hydrogen-bond donors (Lipinski definition) is 0. The van der Waals surface area contributed by atoms with E-state index in [1.54, 1.807) is 0 Å². The predicted octanol–water partition coefficient (Wildman–Crippen LogP) is 12.1. The van der Waals surface area contributed by atoms with Gasteiger partial charge in [-0.1, -0.05) is 84.4 Å². The van der Waals surface area contributed by atoms with E-state index in [4.69, 9.17) is 9.97 Å². The molecule has 0 aliphatic carbocycles. The maximum absolute atomic E-state index is 5.03. The van der Waals surface area contributed by atoms with Gasteiger partial charge in [0.1, 0.15) is 11.6 Å². The van der Waals surface area contributed by atoms with Crippen LogP contribution >= 0.6 is 0 Å². The standard InChI is InChI=1S/C47H33N5/c1-32-20-24-44-40(28-32)38-16-8-10-18-42(38)51(44)46-26-21-33(30-48-46)34-22-27-47(49-31-34)52-43-19-11-9-17-39(43)41-29-37(23-25-45(41)52)50(35-12-4-2-5-13-35)36-14-6-3-7-15-36/h2-31H,1H3. The zero-order valence-corrected chi connectivity index (χ0v) is 28.6. The van der Waals surface area contributed by atoms with Crippen LogP contribution in [0, 0.1) is 6.92 Å². The van der Waals surface area contributed by atoms with Crippen LogP contribution in [0.5, 0.6) is 0 Å². The number of para-hydroxylation sites is 4. The topological polar surface area (TPSA) is 38.9 Å². The molecule has 0 radical (unpaired) electrons. The molecule has 0 fully saturated rings. The Morgan fingerprint density at radius 3 is 1.37 bits per heavy atom. The van der Waals surface area contributed by atoms with Crippen molar-refractivity contribution in [3.63, 3.8) is 0 Å². The lowest BCUT2D eigenvalue weighted by atomic mass is 10.1. The normalized spacial score (nSPS) is 11.6. The van der Waals surface area contributed by atoms with E-state index >= 15 is 0 Å². The molecule has 0 aliphatic heterocycles. The fourth-order valence-corrected chi connectivity index (χ4v) is 7.66. The number of hydrogen-bond acceptors (Lipinski definition) is 3. The summed E-state index contributed by atoms with van der Waals surface area (Å²) in [6.07, 6.45) is 3.91. The minimum Gasteiger partial charge on any atom is -0.310 e. The van der Waals surface area contributed by atoms with Crippen molar-refractivity contribution in [2.75, 3.05) is 4.90 Å². The van der Waals surface area contributed by atoms with Crippen LogP contribution in [-0.2, 0) is 0 Å². The Kier molecular flexibility index (Phi) is 6.96.